The van der Waals surface area contributed by atoms with E-state index in [4.69, 9.17) is 4.74 Å². The Kier molecular flexibility index (Phi) is 5.10. The maximum atomic E-state index is 12.2. The molecule has 1 N–H and O–H groups in total. The zero-order valence-electron chi connectivity index (χ0n) is 11.8. The second-order valence-electron chi connectivity index (χ2n) is 4.44. The summed E-state index contributed by atoms with van der Waals surface area (Å²) in [6.45, 7) is 2.00. The van der Waals surface area contributed by atoms with E-state index in [9.17, 15) is 9.59 Å². The highest BCUT2D eigenvalue weighted by Gasteiger charge is 2.24. The third-order valence-corrected chi connectivity index (χ3v) is 2.97. The van der Waals surface area contributed by atoms with Crippen molar-refractivity contribution >= 4 is 11.9 Å². The lowest BCUT2D eigenvalue weighted by atomic mass is 10.1. The molecule has 0 spiro atoms. The SMILES string of the molecule is CCOC(=O)[C@H](NC(=O)c1ccccc1)c1ccccc1. The van der Waals surface area contributed by atoms with Crippen molar-refractivity contribution < 1.29 is 14.3 Å². The fraction of sp³-hybridized carbons (Fsp3) is 0.176. The smallest absolute Gasteiger partial charge is 0.333 e. The normalized spacial score (nSPS) is 11.5. The van der Waals surface area contributed by atoms with Crippen LogP contribution in [0, 0.1) is 0 Å². The molecule has 0 saturated heterocycles. The minimum atomic E-state index is -0.807. The molecular weight excluding hydrogens is 266 g/mol. The first-order valence-electron chi connectivity index (χ1n) is 6.80. The number of esters is 1. The Labute approximate surface area is 123 Å². The van der Waals surface area contributed by atoms with E-state index in [1.807, 2.05) is 24.3 Å². The molecule has 0 heterocycles. The molecule has 108 valence electrons. The summed E-state index contributed by atoms with van der Waals surface area (Å²) in [6, 6.07) is 17.0. The van der Waals surface area contributed by atoms with Gasteiger partial charge in [-0.25, -0.2) is 4.79 Å². The van der Waals surface area contributed by atoms with Gasteiger partial charge in [0, 0.05) is 5.56 Å². The number of carbonyl (C=O) groups is 2. The molecule has 0 aromatic heterocycles. The number of ether oxygens (including phenoxy) is 1. The first kappa shape index (κ1) is 14.8. The predicted molar refractivity (Wildman–Crippen MR) is 79.7 cm³/mol. The van der Waals surface area contributed by atoms with Crippen LogP contribution in [0.15, 0.2) is 60.7 Å². The minimum absolute atomic E-state index is 0.267. The predicted octanol–water partition coefficient (Wildman–Crippen LogP) is 2.72. The number of benzene rings is 2. The van der Waals surface area contributed by atoms with E-state index < -0.39 is 12.0 Å². The van der Waals surface area contributed by atoms with Gasteiger partial charge in [-0.2, -0.15) is 0 Å². The van der Waals surface area contributed by atoms with E-state index in [1.165, 1.54) is 0 Å². The van der Waals surface area contributed by atoms with Gasteiger partial charge < -0.3 is 10.1 Å². The van der Waals surface area contributed by atoms with Crippen LogP contribution in [0.25, 0.3) is 0 Å². The first-order valence-corrected chi connectivity index (χ1v) is 6.80. The highest BCUT2D eigenvalue weighted by atomic mass is 16.5. The molecule has 1 amide bonds. The monoisotopic (exact) mass is 283 g/mol. The Morgan fingerprint density at radius 3 is 2.14 bits per heavy atom. The van der Waals surface area contributed by atoms with Crippen LogP contribution in [0.1, 0.15) is 28.9 Å². The largest absolute Gasteiger partial charge is 0.464 e. The molecular formula is C17H17NO3. The number of amides is 1. The molecule has 0 unspecified atom stereocenters. The van der Waals surface area contributed by atoms with Crippen LogP contribution in [-0.4, -0.2) is 18.5 Å². The van der Waals surface area contributed by atoms with E-state index in [0.29, 0.717) is 11.1 Å². The molecule has 0 radical (unpaired) electrons. The fourth-order valence-corrected chi connectivity index (χ4v) is 1.95. The number of carbonyl (C=O) groups excluding carboxylic acids is 2. The third-order valence-electron chi connectivity index (χ3n) is 2.97. The van der Waals surface area contributed by atoms with Crippen molar-refractivity contribution in [3.63, 3.8) is 0 Å². The van der Waals surface area contributed by atoms with Gasteiger partial charge in [-0.3, -0.25) is 4.79 Å². The average molecular weight is 283 g/mol. The Balaban J connectivity index is 2.20. The molecule has 0 saturated carbocycles. The van der Waals surface area contributed by atoms with Crippen molar-refractivity contribution in [2.45, 2.75) is 13.0 Å². The molecule has 4 nitrogen and oxygen atoms in total. The molecule has 2 aromatic carbocycles. The molecule has 0 bridgehead atoms. The molecule has 0 aliphatic rings. The van der Waals surface area contributed by atoms with Gasteiger partial charge in [-0.1, -0.05) is 48.5 Å². The Morgan fingerprint density at radius 2 is 1.57 bits per heavy atom. The van der Waals surface area contributed by atoms with Gasteiger partial charge in [0.25, 0.3) is 5.91 Å². The highest BCUT2D eigenvalue weighted by Crippen LogP contribution is 2.15. The van der Waals surface area contributed by atoms with Crippen LogP contribution < -0.4 is 5.32 Å². The van der Waals surface area contributed by atoms with Crippen LogP contribution in [0.4, 0.5) is 0 Å². The van der Waals surface area contributed by atoms with Crippen LogP contribution in [0.3, 0.4) is 0 Å². The molecule has 21 heavy (non-hydrogen) atoms. The number of nitrogens with one attached hydrogen (secondary N) is 1. The van der Waals surface area contributed by atoms with Crippen LogP contribution in [0.2, 0.25) is 0 Å². The van der Waals surface area contributed by atoms with Crippen molar-refractivity contribution in [3.05, 3.63) is 71.8 Å². The summed E-state index contributed by atoms with van der Waals surface area (Å²) in [4.78, 5) is 24.3. The van der Waals surface area contributed by atoms with Gasteiger partial charge in [0.1, 0.15) is 0 Å². The topological polar surface area (TPSA) is 55.4 Å². The number of rotatable bonds is 5. The second-order valence-corrected chi connectivity index (χ2v) is 4.44. The zero-order valence-corrected chi connectivity index (χ0v) is 11.8. The van der Waals surface area contributed by atoms with Gasteiger partial charge in [-0.15, -0.1) is 0 Å². The zero-order chi connectivity index (χ0) is 15.1. The molecule has 0 aliphatic heterocycles. The Hall–Kier alpha value is -2.62. The first-order chi connectivity index (χ1) is 10.2. The lowest BCUT2D eigenvalue weighted by molar-refractivity contribution is -0.145. The summed E-state index contributed by atoms with van der Waals surface area (Å²) in [6.07, 6.45) is 0. The number of hydrogen-bond acceptors (Lipinski definition) is 3. The van der Waals surface area contributed by atoms with Crippen molar-refractivity contribution in [1.82, 2.24) is 5.32 Å². The summed E-state index contributed by atoms with van der Waals surface area (Å²) in [5.74, 6) is -0.773. The van der Waals surface area contributed by atoms with Gasteiger partial charge in [0.2, 0.25) is 0 Å². The third kappa shape index (κ3) is 3.92. The summed E-state index contributed by atoms with van der Waals surface area (Å²) in [7, 11) is 0. The summed E-state index contributed by atoms with van der Waals surface area (Å²) >= 11 is 0. The molecule has 0 aliphatic carbocycles. The molecule has 0 fully saturated rings. The fourth-order valence-electron chi connectivity index (χ4n) is 1.95. The minimum Gasteiger partial charge on any atom is -0.464 e. The van der Waals surface area contributed by atoms with Crippen LogP contribution in [-0.2, 0) is 9.53 Å². The number of hydrogen-bond donors (Lipinski definition) is 1. The van der Waals surface area contributed by atoms with Crippen molar-refractivity contribution in [2.24, 2.45) is 0 Å². The quantitative estimate of drug-likeness (QED) is 0.858. The van der Waals surface area contributed by atoms with Crippen molar-refractivity contribution in [1.29, 1.82) is 0 Å². The average Bonchev–Trinajstić information content (AvgIpc) is 2.54. The Bertz CT molecular complexity index is 596. The molecule has 1 atom stereocenters. The standard InChI is InChI=1S/C17H17NO3/c1-2-21-17(20)15(13-9-5-3-6-10-13)18-16(19)14-11-7-4-8-12-14/h3-12,15H,2H2,1H3,(H,18,19)/t15-/m1/s1. The lowest BCUT2D eigenvalue weighted by Gasteiger charge is -2.17. The van der Waals surface area contributed by atoms with E-state index in [2.05, 4.69) is 5.32 Å². The van der Waals surface area contributed by atoms with E-state index in [-0.39, 0.29) is 12.5 Å². The summed E-state index contributed by atoms with van der Waals surface area (Å²) in [5, 5.41) is 2.72. The van der Waals surface area contributed by atoms with E-state index >= 15 is 0 Å². The second kappa shape index (κ2) is 7.24. The van der Waals surface area contributed by atoms with Gasteiger partial charge in [0.15, 0.2) is 6.04 Å². The summed E-state index contributed by atoms with van der Waals surface area (Å²) < 4.78 is 5.04. The van der Waals surface area contributed by atoms with Crippen molar-refractivity contribution in [3.8, 4) is 0 Å². The molecule has 2 rings (SSSR count). The van der Waals surface area contributed by atoms with Crippen LogP contribution in [0.5, 0.6) is 0 Å². The maximum absolute atomic E-state index is 12.2. The van der Waals surface area contributed by atoms with Gasteiger partial charge in [-0.05, 0) is 24.6 Å². The van der Waals surface area contributed by atoms with E-state index in [1.54, 1.807) is 43.3 Å². The summed E-state index contributed by atoms with van der Waals surface area (Å²) in [5.41, 5.74) is 1.20. The maximum Gasteiger partial charge on any atom is 0.333 e. The molecule has 2 aromatic rings. The van der Waals surface area contributed by atoms with Crippen molar-refractivity contribution in [2.75, 3.05) is 6.61 Å². The lowest BCUT2D eigenvalue weighted by Crippen LogP contribution is -2.34. The highest BCUT2D eigenvalue weighted by molar-refractivity contribution is 5.97. The molecule has 4 heteroatoms. The van der Waals surface area contributed by atoms with Gasteiger partial charge in [0.05, 0.1) is 6.61 Å². The van der Waals surface area contributed by atoms with Gasteiger partial charge >= 0.3 is 5.97 Å². The Morgan fingerprint density at radius 1 is 1.00 bits per heavy atom. The van der Waals surface area contributed by atoms with Crippen LogP contribution >= 0.6 is 0 Å². The van der Waals surface area contributed by atoms with E-state index in [0.717, 1.165) is 0 Å².